The molecule has 16 heavy (non-hydrogen) atoms. The average Bonchev–Trinajstić information content (AvgIpc) is 2.76. The highest BCUT2D eigenvalue weighted by Gasteiger charge is 2.89. The molecule has 5 heteroatoms. The Morgan fingerprint density at radius 3 is 1.75 bits per heavy atom. The second kappa shape index (κ2) is 2.17. The van der Waals surface area contributed by atoms with E-state index in [1.165, 1.54) is 0 Å². The molecule has 4 rings (SSSR count). The molecule has 0 N–H and O–H groups in total. The summed E-state index contributed by atoms with van der Waals surface area (Å²) in [6.07, 6.45) is 1.38. The highest BCUT2D eigenvalue weighted by Crippen LogP contribution is 2.69. The van der Waals surface area contributed by atoms with Gasteiger partial charge in [-0.3, -0.25) is 9.59 Å². The molecule has 3 saturated carbocycles. The van der Waals surface area contributed by atoms with Gasteiger partial charge in [-0.2, -0.15) is 0 Å². The zero-order valence-corrected chi connectivity index (χ0v) is 8.52. The number of ketones is 2. The van der Waals surface area contributed by atoms with Crippen molar-refractivity contribution in [1.29, 1.82) is 0 Å². The van der Waals surface area contributed by atoms with Crippen molar-refractivity contribution in [3.8, 4) is 0 Å². The monoisotopic (exact) mass is 222 g/mol. The van der Waals surface area contributed by atoms with Crippen molar-refractivity contribution in [2.75, 3.05) is 0 Å². The molecule has 0 aromatic heterocycles. The van der Waals surface area contributed by atoms with Gasteiger partial charge in [-0.1, -0.05) is 0 Å². The number of hydrogen-bond acceptors (Lipinski definition) is 5. The molecule has 0 amide bonds. The van der Waals surface area contributed by atoms with E-state index >= 15 is 0 Å². The van der Waals surface area contributed by atoms with Gasteiger partial charge < -0.3 is 9.47 Å². The molecule has 0 radical (unpaired) electrons. The minimum Gasteiger partial charge on any atom is -0.414 e. The summed E-state index contributed by atoms with van der Waals surface area (Å²) in [6, 6.07) is 0. The van der Waals surface area contributed by atoms with E-state index in [0.717, 1.165) is 12.8 Å². The summed E-state index contributed by atoms with van der Waals surface area (Å²) in [5, 5.41) is 0. The quantitative estimate of drug-likeness (QED) is 0.561. The molecule has 4 atom stereocenters. The number of fused-ring (bicyclic) bond motifs is 1. The largest absolute Gasteiger partial charge is 0.510 e. The molecule has 2 spiro atoms. The number of carbonyl (C=O) groups is 3. The maximum atomic E-state index is 12.0. The molecule has 1 aliphatic heterocycles. The summed E-state index contributed by atoms with van der Waals surface area (Å²) < 4.78 is 10.3. The second-order valence-corrected chi connectivity index (χ2v) is 5.06. The normalized spacial score (nSPS) is 52.6. The van der Waals surface area contributed by atoms with Gasteiger partial charge in [0.2, 0.25) is 11.2 Å². The molecule has 84 valence electrons. The Kier molecular flexibility index (Phi) is 1.18. The topological polar surface area (TPSA) is 69.7 Å². The standard InChI is InChI=1S/C11H10O5/c12-7-3-1-5-6-2-4-8(13)11(6)10(5,7)15-9(14)16-11/h5-6H,1-4H2/t5-,6+,10-,11+. The molecule has 4 aliphatic rings. The number of hydrogen-bond donors (Lipinski definition) is 0. The van der Waals surface area contributed by atoms with Crippen molar-refractivity contribution in [2.45, 2.75) is 36.9 Å². The molecular weight excluding hydrogens is 212 g/mol. The van der Waals surface area contributed by atoms with Crippen molar-refractivity contribution in [2.24, 2.45) is 11.8 Å². The van der Waals surface area contributed by atoms with Crippen LogP contribution in [-0.4, -0.2) is 28.9 Å². The number of carbonyl (C=O) groups excluding carboxylic acids is 3. The highest BCUT2D eigenvalue weighted by molar-refractivity contribution is 6.08. The van der Waals surface area contributed by atoms with Crippen LogP contribution in [0.1, 0.15) is 25.7 Å². The Morgan fingerprint density at radius 2 is 1.31 bits per heavy atom. The molecule has 0 aromatic carbocycles. The summed E-state index contributed by atoms with van der Waals surface area (Å²) in [5.74, 6) is -0.236. The van der Waals surface area contributed by atoms with Crippen molar-refractivity contribution >= 4 is 17.7 Å². The van der Waals surface area contributed by atoms with E-state index in [2.05, 4.69) is 0 Å². The van der Waals surface area contributed by atoms with Gasteiger partial charge in [0, 0.05) is 24.7 Å². The van der Waals surface area contributed by atoms with Crippen molar-refractivity contribution in [1.82, 2.24) is 0 Å². The first-order chi connectivity index (χ1) is 7.63. The SMILES string of the molecule is O=C1O[C@]23C(=O)CC[C@H]2[C@H]2CCC(=O)[C@]23O1. The Bertz CT molecular complexity index is 415. The van der Waals surface area contributed by atoms with Gasteiger partial charge in [-0.05, 0) is 12.8 Å². The second-order valence-electron chi connectivity index (χ2n) is 5.06. The van der Waals surface area contributed by atoms with E-state index in [9.17, 15) is 14.4 Å². The van der Waals surface area contributed by atoms with Gasteiger partial charge in [-0.25, -0.2) is 4.79 Å². The van der Waals surface area contributed by atoms with Crippen LogP contribution in [0.3, 0.4) is 0 Å². The van der Waals surface area contributed by atoms with Gasteiger partial charge in [0.1, 0.15) is 0 Å². The van der Waals surface area contributed by atoms with Crippen LogP contribution >= 0.6 is 0 Å². The molecule has 4 fully saturated rings. The van der Waals surface area contributed by atoms with Crippen LogP contribution in [-0.2, 0) is 19.1 Å². The molecule has 1 heterocycles. The van der Waals surface area contributed by atoms with Gasteiger partial charge in [-0.15, -0.1) is 0 Å². The van der Waals surface area contributed by atoms with Crippen molar-refractivity contribution in [3.05, 3.63) is 0 Å². The first-order valence-electron chi connectivity index (χ1n) is 5.61. The fourth-order valence-corrected chi connectivity index (χ4v) is 4.30. The lowest BCUT2D eigenvalue weighted by molar-refractivity contribution is -0.202. The van der Waals surface area contributed by atoms with Crippen molar-refractivity contribution < 1.29 is 23.9 Å². The maximum Gasteiger partial charge on any atom is 0.510 e. The predicted octanol–water partition coefficient (Wildman–Crippen LogP) is 0.603. The lowest BCUT2D eigenvalue weighted by atomic mass is 9.52. The van der Waals surface area contributed by atoms with Gasteiger partial charge in [0.15, 0.2) is 11.6 Å². The number of Topliss-reactive ketones (excluding diaryl/α,β-unsaturated/α-hetero) is 2. The minimum absolute atomic E-state index is 0.0119. The van der Waals surface area contributed by atoms with Crippen LogP contribution in [0.25, 0.3) is 0 Å². The van der Waals surface area contributed by atoms with Crippen LogP contribution in [0.4, 0.5) is 4.79 Å². The lowest BCUT2D eigenvalue weighted by Gasteiger charge is -2.53. The van der Waals surface area contributed by atoms with E-state index in [4.69, 9.17) is 9.47 Å². The molecule has 3 aliphatic carbocycles. The number of rotatable bonds is 0. The average molecular weight is 222 g/mol. The third kappa shape index (κ3) is 0.550. The smallest absolute Gasteiger partial charge is 0.414 e. The van der Waals surface area contributed by atoms with Gasteiger partial charge in [0.05, 0.1) is 0 Å². The van der Waals surface area contributed by atoms with Gasteiger partial charge >= 0.3 is 6.16 Å². The Hall–Kier alpha value is -1.39. The molecule has 1 saturated heterocycles. The van der Waals surface area contributed by atoms with Crippen LogP contribution in [0.15, 0.2) is 0 Å². The number of ether oxygens (including phenoxy) is 2. The van der Waals surface area contributed by atoms with Crippen LogP contribution in [0.2, 0.25) is 0 Å². The fraction of sp³-hybridized carbons (Fsp3) is 0.727. The molecular formula is C11H10O5. The van der Waals surface area contributed by atoms with E-state index in [1.54, 1.807) is 0 Å². The minimum atomic E-state index is -1.23. The third-order valence-electron chi connectivity index (χ3n) is 4.76. The summed E-state index contributed by atoms with van der Waals surface area (Å²) in [5.41, 5.74) is -2.47. The highest BCUT2D eigenvalue weighted by atomic mass is 16.8. The zero-order valence-electron chi connectivity index (χ0n) is 8.52. The summed E-state index contributed by atoms with van der Waals surface area (Å²) in [6.45, 7) is 0. The predicted molar refractivity (Wildman–Crippen MR) is 48.5 cm³/mol. The Morgan fingerprint density at radius 1 is 0.875 bits per heavy atom. The lowest BCUT2D eigenvalue weighted by Crippen LogP contribution is -2.75. The fourth-order valence-electron chi connectivity index (χ4n) is 4.30. The van der Waals surface area contributed by atoms with E-state index in [-0.39, 0.29) is 23.4 Å². The summed E-state index contributed by atoms with van der Waals surface area (Å²) in [4.78, 5) is 35.2. The van der Waals surface area contributed by atoms with Gasteiger partial charge in [0.25, 0.3) is 0 Å². The van der Waals surface area contributed by atoms with Crippen LogP contribution in [0.5, 0.6) is 0 Å². The molecule has 0 unspecified atom stereocenters. The van der Waals surface area contributed by atoms with E-state index in [1.807, 2.05) is 0 Å². The zero-order chi connectivity index (χ0) is 11.1. The summed E-state index contributed by atoms with van der Waals surface area (Å²) in [7, 11) is 0. The molecule has 0 bridgehead atoms. The molecule has 0 aromatic rings. The maximum absolute atomic E-state index is 12.0. The van der Waals surface area contributed by atoms with E-state index < -0.39 is 17.4 Å². The van der Waals surface area contributed by atoms with Crippen molar-refractivity contribution in [3.63, 3.8) is 0 Å². The van der Waals surface area contributed by atoms with Crippen LogP contribution < -0.4 is 0 Å². The first kappa shape index (κ1) is 8.73. The third-order valence-corrected chi connectivity index (χ3v) is 4.76. The summed E-state index contributed by atoms with van der Waals surface area (Å²) >= 11 is 0. The van der Waals surface area contributed by atoms with Crippen LogP contribution in [0, 0.1) is 11.8 Å². The Balaban J connectivity index is 1.96. The van der Waals surface area contributed by atoms with E-state index in [0.29, 0.717) is 12.8 Å². The first-order valence-corrected chi connectivity index (χ1v) is 5.61. The Labute approximate surface area is 91.1 Å². The molecule has 5 nitrogen and oxygen atoms in total.